The number of thioether (sulfide) groups is 1. The van der Waals surface area contributed by atoms with E-state index in [-0.39, 0.29) is 5.56 Å². The highest BCUT2D eigenvalue weighted by molar-refractivity contribution is 7.98. The summed E-state index contributed by atoms with van der Waals surface area (Å²) in [6, 6.07) is 16.1. The Hall–Kier alpha value is -2.53. The molecule has 3 aromatic rings. The first-order valence-electron chi connectivity index (χ1n) is 8.86. The van der Waals surface area contributed by atoms with E-state index in [2.05, 4.69) is 19.1 Å². The van der Waals surface area contributed by atoms with Gasteiger partial charge in [0.05, 0.1) is 7.11 Å². The van der Waals surface area contributed by atoms with Gasteiger partial charge in [0.2, 0.25) is 0 Å². The number of aromatic nitrogens is 2. The molecular weight excluding hydrogens is 356 g/mol. The summed E-state index contributed by atoms with van der Waals surface area (Å²) in [5, 5.41) is 0.730. The second-order valence-corrected chi connectivity index (χ2v) is 7.51. The van der Waals surface area contributed by atoms with Crippen molar-refractivity contribution in [3.05, 3.63) is 86.8 Å². The number of hydrogen-bond acceptors (Lipinski definition) is 4. The lowest BCUT2D eigenvalue weighted by atomic mass is 10.0. The molecule has 0 unspecified atom stereocenters. The zero-order valence-corrected chi connectivity index (χ0v) is 17.0. The van der Waals surface area contributed by atoms with E-state index in [0.717, 1.165) is 39.0 Å². The van der Waals surface area contributed by atoms with Crippen molar-refractivity contribution in [2.45, 2.75) is 31.2 Å². The molecule has 0 fully saturated rings. The lowest BCUT2D eigenvalue weighted by molar-refractivity contribution is 0.414. The summed E-state index contributed by atoms with van der Waals surface area (Å²) in [6.45, 7) is 3.99. The predicted molar refractivity (Wildman–Crippen MR) is 111 cm³/mol. The third-order valence-corrected chi connectivity index (χ3v) is 5.78. The van der Waals surface area contributed by atoms with Gasteiger partial charge in [0.25, 0.3) is 5.56 Å². The fourth-order valence-electron chi connectivity index (χ4n) is 2.97. The average Bonchev–Trinajstić information content (AvgIpc) is 2.68. The summed E-state index contributed by atoms with van der Waals surface area (Å²) in [6.07, 6.45) is 0.610. The Morgan fingerprint density at radius 3 is 2.63 bits per heavy atom. The van der Waals surface area contributed by atoms with Gasteiger partial charge in [-0.15, -0.1) is 0 Å². The molecule has 0 spiro atoms. The highest BCUT2D eigenvalue weighted by Crippen LogP contribution is 2.23. The average molecular weight is 381 g/mol. The van der Waals surface area contributed by atoms with Gasteiger partial charge in [-0.25, -0.2) is 4.98 Å². The van der Waals surface area contributed by atoms with Crippen LogP contribution in [0.5, 0.6) is 5.75 Å². The lowest BCUT2D eigenvalue weighted by Crippen LogP contribution is -2.26. The smallest absolute Gasteiger partial charge is 0.257 e. The van der Waals surface area contributed by atoms with Crippen molar-refractivity contribution in [3.63, 3.8) is 0 Å². The van der Waals surface area contributed by atoms with Crippen LogP contribution >= 0.6 is 11.8 Å². The summed E-state index contributed by atoms with van der Waals surface area (Å²) in [7, 11) is 3.46. The monoisotopic (exact) mass is 380 g/mol. The highest BCUT2D eigenvalue weighted by atomic mass is 32.2. The van der Waals surface area contributed by atoms with Crippen LogP contribution in [0.15, 0.2) is 58.5 Å². The molecule has 0 atom stereocenters. The topological polar surface area (TPSA) is 44.1 Å². The summed E-state index contributed by atoms with van der Waals surface area (Å²) in [5.41, 5.74) is 5.08. The molecular formula is C22H24N2O2S. The second-order valence-electron chi connectivity index (χ2n) is 6.57. The van der Waals surface area contributed by atoms with Crippen LogP contribution in [-0.2, 0) is 19.2 Å². The summed E-state index contributed by atoms with van der Waals surface area (Å²) < 4.78 is 6.93. The Labute approximate surface area is 164 Å². The van der Waals surface area contributed by atoms with Crippen molar-refractivity contribution < 1.29 is 4.74 Å². The number of nitrogens with zero attached hydrogens (tertiary/aromatic N) is 2. The van der Waals surface area contributed by atoms with Crippen molar-refractivity contribution in [1.82, 2.24) is 9.55 Å². The van der Waals surface area contributed by atoms with Gasteiger partial charge in [0, 0.05) is 30.5 Å². The molecule has 0 radical (unpaired) electrons. The minimum Gasteiger partial charge on any atom is -0.497 e. The Morgan fingerprint density at radius 2 is 1.89 bits per heavy atom. The van der Waals surface area contributed by atoms with Crippen LogP contribution in [-0.4, -0.2) is 16.7 Å². The van der Waals surface area contributed by atoms with Crippen LogP contribution in [0.2, 0.25) is 0 Å². The van der Waals surface area contributed by atoms with Crippen LogP contribution in [0, 0.1) is 13.8 Å². The summed E-state index contributed by atoms with van der Waals surface area (Å²) >= 11 is 1.56. The van der Waals surface area contributed by atoms with E-state index >= 15 is 0 Å². The highest BCUT2D eigenvalue weighted by Gasteiger charge is 2.14. The molecule has 0 saturated heterocycles. The molecule has 2 aromatic carbocycles. The molecule has 0 aliphatic heterocycles. The first-order valence-corrected chi connectivity index (χ1v) is 9.85. The zero-order valence-electron chi connectivity index (χ0n) is 16.2. The molecule has 5 heteroatoms. The largest absolute Gasteiger partial charge is 0.497 e. The van der Waals surface area contributed by atoms with Gasteiger partial charge in [-0.1, -0.05) is 48.2 Å². The number of ether oxygens (including phenoxy) is 1. The van der Waals surface area contributed by atoms with Crippen LogP contribution in [0.4, 0.5) is 0 Å². The Bertz CT molecular complexity index is 1010. The maximum Gasteiger partial charge on any atom is 0.257 e. The third kappa shape index (κ3) is 4.42. The van der Waals surface area contributed by atoms with E-state index < -0.39 is 0 Å². The molecule has 4 nitrogen and oxygen atoms in total. The fraction of sp³-hybridized carbons (Fsp3) is 0.273. The minimum absolute atomic E-state index is 0.0268. The molecule has 0 aliphatic rings. The van der Waals surface area contributed by atoms with Crippen molar-refractivity contribution in [1.29, 1.82) is 0 Å². The van der Waals surface area contributed by atoms with E-state index in [1.807, 2.05) is 43.3 Å². The van der Waals surface area contributed by atoms with Gasteiger partial charge in [0.1, 0.15) is 5.75 Å². The van der Waals surface area contributed by atoms with E-state index in [1.54, 1.807) is 30.5 Å². The maximum absolute atomic E-state index is 12.9. The van der Waals surface area contributed by atoms with Crippen LogP contribution < -0.4 is 10.3 Å². The van der Waals surface area contributed by atoms with Gasteiger partial charge in [0.15, 0.2) is 5.16 Å². The van der Waals surface area contributed by atoms with Gasteiger partial charge in [-0.05, 0) is 42.7 Å². The molecule has 0 amide bonds. The number of benzene rings is 2. The van der Waals surface area contributed by atoms with Crippen molar-refractivity contribution in [2.75, 3.05) is 7.11 Å². The molecule has 1 aromatic heterocycles. The van der Waals surface area contributed by atoms with Crippen LogP contribution in [0.3, 0.4) is 0 Å². The molecule has 27 heavy (non-hydrogen) atoms. The van der Waals surface area contributed by atoms with Gasteiger partial charge >= 0.3 is 0 Å². The summed E-state index contributed by atoms with van der Waals surface area (Å²) in [4.78, 5) is 17.6. The molecule has 140 valence electrons. The quantitative estimate of drug-likeness (QED) is 0.473. The fourth-order valence-corrected chi connectivity index (χ4v) is 3.93. The summed E-state index contributed by atoms with van der Waals surface area (Å²) in [5.74, 6) is 1.56. The van der Waals surface area contributed by atoms with Crippen LogP contribution in [0.1, 0.15) is 27.9 Å². The van der Waals surface area contributed by atoms with Crippen molar-refractivity contribution in [2.24, 2.45) is 7.05 Å². The van der Waals surface area contributed by atoms with Crippen molar-refractivity contribution >= 4 is 11.8 Å². The normalized spacial score (nSPS) is 10.8. The Morgan fingerprint density at radius 1 is 1.11 bits per heavy atom. The molecule has 3 rings (SSSR count). The second kappa shape index (κ2) is 8.44. The Balaban J connectivity index is 1.84. The predicted octanol–water partition coefficient (Wildman–Crippen LogP) is 4.29. The zero-order chi connectivity index (χ0) is 19.4. The van der Waals surface area contributed by atoms with Crippen LogP contribution in [0.25, 0.3) is 0 Å². The van der Waals surface area contributed by atoms with Gasteiger partial charge in [-0.3, -0.25) is 9.36 Å². The Kier molecular flexibility index (Phi) is 6.01. The standard InChI is InChI=1S/C22H24N2O2S/c1-15-8-5-6-10-18(15)13-20-16(2)23-22(24(3)21(20)25)27-14-17-9-7-11-19(12-17)26-4/h5-12H,13-14H2,1-4H3. The first-order chi connectivity index (χ1) is 13.0. The van der Waals surface area contributed by atoms with E-state index in [1.165, 1.54) is 5.56 Å². The first kappa shape index (κ1) is 19.2. The number of rotatable bonds is 6. The SMILES string of the molecule is COc1cccc(CSc2nc(C)c(Cc3ccccc3C)c(=O)n2C)c1. The van der Waals surface area contributed by atoms with Gasteiger partial charge in [-0.2, -0.15) is 0 Å². The number of methoxy groups -OCH3 is 1. The lowest BCUT2D eigenvalue weighted by Gasteiger charge is -2.13. The van der Waals surface area contributed by atoms with E-state index in [4.69, 9.17) is 9.72 Å². The number of aryl methyl sites for hydroxylation is 2. The molecule has 0 bridgehead atoms. The molecule has 0 aliphatic carbocycles. The molecule has 0 saturated carbocycles. The van der Waals surface area contributed by atoms with Gasteiger partial charge < -0.3 is 4.74 Å². The maximum atomic E-state index is 12.9. The van der Waals surface area contributed by atoms with E-state index in [9.17, 15) is 4.79 Å². The molecule has 1 heterocycles. The number of hydrogen-bond donors (Lipinski definition) is 0. The third-order valence-electron chi connectivity index (χ3n) is 4.68. The van der Waals surface area contributed by atoms with Crippen molar-refractivity contribution in [3.8, 4) is 5.75 Å². The van der Waals surface area contributed by atoms with E-state index in [0.29, 0.717) is 6.42 Å². The minimum atomic E-state index is 0.0268. The molecule has 0 N–H and O–H groups in total.